The van der Waals surface area contributed by atoms with Crippen LogP contribution in [0.15, 0.2) is 11.1 Å². The van der Waals surface area contributed by atoms with E-state index in [1.54, 1.807) is 18.1 Å². The van der Waals surface area contributed by atoms with Gasteiger partial charge in [-0.25, -0.2) is 0 Å². The molecular formula is C16H26O. The van der Waals surface area contributed by atoms with E-state index in [-0.39, 0.29) is 5.41 Å². The van der Waals surface area contributed by atoms with E-state index in [4.69, 9.17) is 0 Å². The number of Topliss-reactive ketones (excluding diaryl/α,β-unsaturated/α-hetero) is 1. The van der Waals surface area contributed by atoms with Crippen LogP contribution in [0.25, 0.3) is 0 Å². The average molecular weight is 234 g/mol. The first-order chi connectivity index (χ1) is 7.79. The van der Waals surface area contributed by atoms with Crippen molar-refractivity contribution in [1.82, 2.24) is 0 Å². The topological polar surface area (TPSA) is 17.1 Å². The first kappa shape index (κ1) is 12.9. The molecule has 2 aliphatic rings. The average Bonchev–Trinajstić information content (AvgIpc) is 2.22. The molecule has 0 saturated heterocycles. The monoisotopic (exact) mass is 234 g/mol. The van der Waals surface area contributed by atoms with Crippen LogP contribution in [0, 0.1) is 16.7 Å². The lowest BCUT2D eigenvalue weighted by atomic mass is 9.55. The Balaban J connectivity index is 2.45. The lowest BCUT2D eigenvalue weighted by Gasteiger charge is -2.48. The molecule has 2 atom stereocenters. The number of hydrogen-bond acceptors (Lipinski definition) is 1. The largest absolute Gasteiger partial charge is 0.299 e. The Labute approximate surface area is 106 Å². The van der Waals surface area contributed by atoms with E-state index in [1.807, 2.05) is 0 Å². The van der Waals surface area contributed by atoms with Gasteiger partial charge in [-0.05, 0) is 50.4 Å². The Morgan fingerprint density at radius 3 is 2.41 bits per heavy atom. The highest BCUT2D eigenvalue weighted by molar-refractivity contribution is 5.83. The van der Waals surface area contributed by atoms with Crippen LogP contribution in [0.4, 0.5) is 0 Å². The highest BCUT2D eigenvalue weighted by Gasteiger charge is 2.46. The van der Waals surface area contributed by atoms with Crippen LogP contribution in [0.2, 0.25) is 0 Å². The van der Waals surface area contributed by atoms with E-state index in [2.05, 4.69) is 27.7 Å². The number of hydrogen-bond donors (Lipinski definition) is 0. The summed E-state index contributed by atoms with van der Waals surface area (Å²) >= 11 is 0. The summed E-state index contributed by atoms with van der Waals surface area (Å²) in [6.07, 6.45) is 6.09. The summed E-state index contributed by atoms with van der Waals surface area (Å²) in [4.78, 5) is 12.0. The molecule has 0 radical (unpaired) electrons. The van der Waals surface area contributed by atoms with E-state index in [0.717, 1.165) is 12.8 Å². The fourth-order valence-corrected chi connectivity index (χ4v) is 4.07. The van der Waals surface area contributed by atoms with E-state index >= 15 is 0 Å². The smallest absolute Gasteiger partial charge is 0.136 e. The van der Waals surface area contributed by atoms with Gasteiger partial charge >= 0.3 is 0 Å². The third kappa shape index (κ3) is 1.88. The van der Waals surface area contributed by atoms with Gasteiger partial charge in [0.2, 0.25) is 0 Å². The van der Waals surface area contributed by atoms with Crippen molar-refractivity contribution < 1.29 is 4.79 Å². The van der Waals surface area contributed by atoms with Gasteiger partial charge in [0.15, 0.2) is 0 Å². The summed E-state index contributed by atoms with van der Waals surface area (Å²) in [6.45, 7) is 11.0. The van der Waals surface area contributed by atoms with Crippen molar-refractivity contribution in [2.45, 2.75) is 66.7 Å². The number of rotatable bonds is 1. The minimum Gasteiger partial charge on any atom is -0.299 e. The number of carbonyl (C=O) groups excluding carboxylic acids is 1. The third-order valence-electron chi connectivity index (χ3n) is 5.53. The minimum atomic E-state index is -0.118. The highest BCUT2D eigenvalue weighted by Crippen LogP contribution is 2.54. The molecular weight excluding hydrogens is 208 g/mol. The van der Waals surface area contributed by atoms with Crippen molar-refractivity contribution in [1.29, 1.82) is 0 Å². The molecule has 0 aliphatic heterocycles. The Bertz CT molecular complexity index is 375. The maximum absolute atomic E-state index is 12.0. The first-order valence-electron chi connectivity index (χ1n) is 7.02. The molecule has 1 nitrogen and oxygen atoms in total. The summed E-state index contributed by atoms with van der Waals surface area (Å²) in [7, 11) is 0. The molecule has 0 aromatic heterocycles. The van der Waals surface area contributed by atoms with Crippen LogP contribution >= 0.6 is 0 Å². The van der Waals surface area contributed by atoms with Crippen molar-refractivity contribution in [2.75, 3.05) is 0 Å². The van der Waals surface area contributed by atoms with Crippen LogP contribution in [-0.4, -0.2) is 5.78 Å². The SMILES string of the molecule is CC(=O)[C@@]1(C)CCC2=C([C@H]1C)C(C)(C)CCC2. The molecule has 0 saturated carbocycles. The van der Waals surface area contributed by atoms with E-state index in [9.17, 15) is 4.79 Å². The lowest BCUT2D eigenvalue weighted by Crippen LogP contribution is -2.42. The second-order valence-corrected chi connectivity index (χ2v) is 6.95. The fraction of sp³-hybridized carbons (Fsp3) is 0.812. The summed E-state index contributed by atoms with van der Waals surface area (Å²) < 4.78 is 0. The Morgan fingerprint density at radius 2 is 1.82 bits per heavy atom. The van der Waals surface area contributed by atoms with Crippen LogP contribution < -0.4 is 0 Å². The quantitative estimate of drug-likeness (QED) is 0.610. The van der Waals surface area contributed by atoms with E-state index in [0.29, 0.717) is 17.1 Å². The molecule has 0 unspecified atom stereocenters. The van der Waals surface area contributed by atoms with Gasteiger partial charge in [-0.3, -0.25) is 4.79 Å². The number of allylic oxidation sites excluding steroid dienone is 2. The molecule has 0 N–H and O–H groups in total. The predicted molar refractivity (Wildman–Crippen MR) is 71.8 cm³/mol. The van der Waals surface area contributed by atoms with Gasteiger partial charge in [0.05, 0.1) is 0 Å². The van der Waals surface area contributed by atoms with Gasteiger partial charge in [-0.1, -0.05) is 38.8 Å². The number of ketones is 1. The van der Waals surface area contributed by atoms with Crippen molar-refractivity contribution in [3.8, 4) is 0 Å². The van der Waals surface area contributed by atoms with Gasteiger partial charge in [-0.15, -0.1) is 0 Å². The normalized spacial score (nSPS) is 36.6. The van der Waals surface area contributed by atoms with Crippen molar-refractivity contribution >= 4 is 5.78 Å². The summed E-state index contributed by atoms with van der Waals surface area (Å²) in [5.74, 6) is 0.803. The summed E-state index contributed by atoms with van der Waals surface area (Å²) in [5, 5.41) is 0. The lowest BCUT2D eigenvalue weighted by molar-refractivity contribution is -0.128. The number of carbonyl (C=O) groups is 1. The van der Waals surface area contributed by atoms with Gasteiger partial charge in [0.25, 0.3) is 0 Å². The van der Waals surface area contributed by atoms with Gasteiger partial charge in [0, 0.05) is 5.41 Å². The van der Waals surface area contributed by atoms with Crippen molar-refractivity contribution in [2.24, 2.45) is 16.7 Å². The molecule has 1 heteroatoms. The zero-order valence-electron chi connectivity index (χ0n) is 12.0. The standard InChI is InChI=1S/C16H26O/c1-11-14-13(7-6-9-15(14,3)4)8-10-16(11,5)12(2)17/h11H,6-10H2,1-5H3/t11-,16+/m1/s1. The molecule has 0 fully saturated rings. The van der Waals surface area contributed by atoms with Crippen LogP contribution in [-0.2, 0) is 4.79 Å². The van der Waals surface area contributed by atoms with Crippen LogP contribution in [0.3, 0.4) is 0 Å². The second-order valence-electron chi connectivity index (χ2n) is 6.95. The zero-order chi connectivity index (χ0) is 12.8. The summed E-state index contributed by atoms with van der Waals surface area (Å²) in [5.41, 5.74) is 3.48. The van der Waals surface area contributed by atoms with Gasteiger partial charge < -0.3 is 0 Å². The maximum Gasteiger partial charge on any atom is 0.136 e. The Kier molecular flexibility index (Phi) is 3.00. The Hall–Kier alpha value is -0.590. The van der Waals surface area contributed by atoms with Crippen LogP contribution in [0.5, 0.6) is 0 Å². The molecule has 0 heterocycles. The van der Waals surface area contributed by atoms with E-state index in [1.165, 1.54) is 19.3 Å². The fourth-order valence-electron chi connectivity index (χ4n) is 4.07. The first-order valence-corrected chi connectivity index (χ1v) is 7.02. The van der Waals surface area contributed by atoms with E-state index < -0.39 is 0 Å². The third-order valence-corrected chi connectivity index (χ3v) is 5.53. The Morgan fingerprint density at radius 1 is 1.18 bits per heavy atom. The van der Waals surface area contributed by atoms with Crippen molar-refractivity contribution in [3.05, 3.63) is 11.1 Å². The van der Waals surface area contributed by atoms with Gasteiger partial charge in [0.1, 0.15) is 5.78 Å². The molecule has 2 aliphatic carbocycles. The van der Waals surface area contributed by atoms with Crippen molar-refractivity contribution in [3.63, 3.8) is 0 Å². The van der Waals surface area contributed by atoms with Crippen LogP contribution in [0.1, 0.15) is 66.7 Å². The molecule has 0 bridgehead atoms. The maximum atomic E-state index is 12.0. The molecule has 17 heavy (non-hydrogen) atoms. The second kappa shape index (κ2) is 3.96. The molecule has 0 aromatic rings. The molecule has 0 spiro atoms. The molecule has 0 aromatic carbocycles. The predicted octanol–water partition coefficient (Wildman–Crippen LogP) is 4.52. The highest BCUT2D eigenvalue weighted by atomic mass is 16.1. The molecule has 96 valence electrons. The molecule has 0 amide bonds. The van der Waals surface area contributed by atoms with Gasteiger partial charge in [-0.2, -0.15) is 0 Å². The zero-order valence-corrected chi connectivity index (χ0v) is 12.0. The minimum absolute atomic E-state index is 0.118. The molecule has 2 rings (SSSR count). The summed E-state index contributed by atoms with van der Waals surface area (Å²) in [6, 6.07) is 0.